The minimum Gasteiger partial charge on any atom is -0.495 e. The van der Waals surface area contributed by atoms with Crippen LogP contribution in [-0.2, 0) is 10.0 Å². The van der Waals surface area contributed by atoms with Crippen molar-refractivity contribution in [2.24, 2.45) is 0 Å². The van der Waals surface area contributed by atoms with Gasteiger partial charge in [0, 0.05) is 16.7 Å². The van der Waals surface area contributed by atoms with Crippen molar-refractivity contribution in [1.82, 2.24) is 0 Å². The van der Waals surface area contributed by atoms with Crippen molar-refractivity contribution < 1.29 is 18.1 Å². The molecule has 0 aliphatic rings. The van der Waals surface area contributed by atoms with E-state index in [1.807, 2.05) is 0 Å². The molecule has 138 valence electrons. The number of anilines is 1. The van der Waals surface area contributed by atoms with E-state index in [1.165, 1.54) is 38.3 Å². The quantitative estimate of drug-likeness (QED) is 0.401. The molecule has 0 radical (unpaired) electrons. The monoisotopic (exact) mass is 396 g/mol. The number of methoxy groups -OCH3 is 1. The number of hydrogen-bond acceptors (Lipinski definition) is 5. The minimum atomic E-state index is -4.12. The van der Waals surface area contributed by atoms with Gasteiger partial charge in [-0.05, 0) is 31.2 Å². The van der Waals surface area contributed by atoms with E-state index >= 15 is 0 Å². The van der Waals surface area contributed by atoms with Crippen molar-refractivity contribution in [3.8, 4) is 5.75 Å². The predicted molar refractivity (Wildman–Crippen MR) is 101 cm³/mol. The Morgan fingerprint density at radius 2 is 2.00 bits per heavy atom. The highest BCUT2D eigenvalue weighted by Crippen LogP contribution is 2.35. The highest BCUT2D eigenvalue weighted by Gasteiger charge is 2.28. The normalized spacial score (nSPS) is 11.0. The Bertz CT molecular complexity index is 960. The summed E-state index contributed by atoms with van der Waals surface area (Å²) < 4.78 is 32.6. The summed E-state index contributed by atoms with van der Waals surface area (Å²) in [6.07, 6.45) is 1.40. The molecule has 0 fully saturated rings. The van der Waals surface area contributed by atoms with Crippen molar-refractivity contribution in [1.29, 1.82) is 0 Å². The van der Waals surface area contributed by atoms with E-state index in [9.17, 15) is 18.5 Å². The molecule has 9 heteroatoms. The van der Waals surface area contributed by atoms with Crippen LogP contribution in [0.25, 0.3) is 0 Å². The molecule has 2 rings (SSSR count). The second-order valence-electron chi connectivity index (χ2n) is 5.35. The van der Waals surface area contributed by atoms with Gasteiger partial charge in [0.25, 0.3) is 15.7 Å². The average Bonchev–Trinajstić information content (AvgIpc) is 2.59. The maximum Gasteiger partial charge on any atom is 0.273 e. The van der Waals surface area contributed by atoms with Crippen molar-refractivity contribution in [3.63, 3.8) is 0 Å². The van der Waals surface area contributed by atoms with E-state index < -0.39 is 14.9 Å². The highest BCUT2D eigenvalue weighted by molar-refractivity contribution is 7.92. The average molecular weight is 397 g/mol. The molecule has 0 heterocycles. The number of aryl methyl sites for hydroxylation is 1. The zero-order chi connectivity index (χ0) is 19.5. The summed E-state index contributed by atoms with van der Waals surface area (Å²) in [5.41, 5.74) is 0.301. The minimum absolute atomic E-state index is 0.0687. The van der Waals surface area contributed by atoms with Crippen LogP contribution in [0, 0.1) is 17.0 Å². The Kier molecular flexibility index (Phi) is 5.89. The summed E-state index contributed by atoms with van der Waals surface area (Å²) in [4.78, 5) is 10.3. The van der Waals surface area contributed by atoms with Crippen LogP contribution < -0.4 is 9.04 Å². The predicted octanol–water partition coefficient (Wildman–Crippen LogP) is 3.95. The molecule has 26 heavy (non-hydrogen) atoms. The van der Waals surface area contributed by atoms with E-state index in [-0.39, 0.29) is 22.8 Å². The first-order chi connectivity index (χ1) is 12.2. The van der Waals surface area contributed by atoms with Crippen LogP contribution in [0.1, 0.15) is 5.56 Å². The number of benzene rings is 2. The maximum atomic E-state index is 13.1. The topological polar surface area (TPSA) is 89.8 Å². The highest BCUT2D eigenvalue weighted by atomic mass is 35.5. The number of nitrogens with zero attached hydrogens (tertiary/aromatic N) is 2. The fourth-order valence-electron chi connectivity index (χ4n) is 2.37. The smallest absolute Gasteiger partial charge is 0.273 e. The van der Waals surface area contributed by atoms with Crippen LogP contribution in [0.3, 0.4) is 0 Å². The SMILES string of the molecule is C=CCN(c1cc(Cl)ccc1OC)S(=O)(=O)c1ccc(C)c([N+](=O)[O-])c1. The Hall–Kier alpha value is -2.58. The Morgan fingerprint density at radius 1 is 1.31 bits per heavy atom. The summed E-state index contributed by atoms with van der Waals surface area (Å²) in [5, 5.41) is 11.5. The number of ether oxygens (including phenoxy) is 1. The summed E-state index contributed by atoms with van der Waals surface area (Å²) in [6.45, 7) is 5.05. The first-order valence-corrected chi connectivity index (χ1v) is 9.26. The molecule has 0 amide bonds. The molecule has 0 saturated carbocycles. The Morgan fingerprint density at radius 3 is 2.58 bits per heavy atom. The fraction of sp³-hybridized carbons (Fsp3) is 0.176. The van der Waals surface area contributed by atoms with E-state index in [4.69, 9.17) is 16.3 Å². The fourth-order valence-corrected chi connectivity index (χ4v) is 4.00. The van der Waals surface area contributed by atoms with E-state index in [2.05, 4.69) is 6.58 Å². The van der Waals surface area contributed by atoms with Crippen LogP contribution >= 0.6 is 11.6 Å². The van der Waals surface area contributed by atoms with E-state index in [1.54, 1.807) is 12.1 Å². The van der Waals surface area contributed by atoms with Crippen molar-refractivity contribution in [3.05, 3.63) is 69.8 Å². The van der Waals surface area contributed by atoms with Crippen molar-refractivity contribution >= 4 is 33.0 Å². The molecule has 0 aliphatic carbocycles. The largest absolute Gasteiger partial charge is 0.495 e. The number of halogens is 1. The van der Waals surface area contributed by atoms with Gasteiger partial charge in [0.2, 0.25) is 0 Å². The van der Waals surface area contributed by atoms with Gasteiger partial charge >= 0.3 is 0 Å². The van der Waals surface area contributed by atoms with Crippen LogP contribution in [0.2, 0.25) is 5.02 Å². The van der Waals surface area contributed by atoms with Gasteiger partial charge in [-0.2, -0.15) is 0 Å². The third-order valence-electron chi connectivity index (χ3n) is 3.67. The second-order valence-corrected chi connectivity index (χ2v) is 7.65. The van der Waals surface area contributed by atoms with Gasteiger partial charge in [0.1, 0.15) is 5.75 Å². The third kappa shape index (κ3) is 3.81. The molecule has 0 N–H and O–H groups in total. The van der Waals surface area contributed by atoms with Gasteiger partial charge in [-0.1, -0.05) is 23.7 Å². The number of nitro groups is 1. The first-order valence-electron chi connectivity index (χ1n) is 7.44. The van der Waals surface area contributed by atoms with Crippen LogP contribution in [0.5, 0.6) is 5.75 Å². The van der Waals surface area contributed by atoms with Crippen LogP contribution in [-0.4, -0.2) is 27.0 Å². The van der Waals surface area contributed by atoms with Crippen LogP contribution in [0.4, 0.5) is 11.4 Å². The number of nitro benzene ring substituents is 1. The van der Waals surface area contributed by atoms with Crippen LogP contribution in [0.15, 0.2) is 53.9 Å². The van der Waals surface area contributed by atoms with Gasteiger partial charge in [-0.25, -0.2) is 8.42 Å². The lowest BCUT2D eigenvalue weighted by Crippen LogP contribution is -2.31. The second kappa shape index (κ2) is 7.76. The number of sulfonamides is 1. The van der Waals surface area contributed by atoms with E-state index in [0.29, 0.717) is 16.3 Å². The van der Waals surface area contributed by atoms with Gasteiger partial charge in [0.05, 0.1) is 29.2 Å². The number of hydrogen-bond donors (Lipinski definition) is 0. The molecule has 0 unspecified atom stereocenters. The zero-order valence-electron chi connectivity index (χ0n) is 14.2. The zero-order valence-corrected chi connectivity index (χ0v) is 15.7. The van der Waals surface area contributed by atoms with Gasteiger partial charge in [-0.15, -0.1) is 6.58 Å². The molecular weight excluding hydrogens is 380 g/mol. The summed E-state index contributed by atoms with van der Waals surface area (Å²) >= 11 is 6.01. The third-order valence-corrected chi connectivity index (χ3v) is 5.68. The molecule has 0 saturated heterocycles. The molecule has 0 bridgehead atoms. The molecular formula is C17H17ClN2O5S. The first kappa shape index (κ1) is 19.7. The molecule has 2 aromatic carbocycles. The Labute approximate surface area is 156 Å². The number of rotatable bonds is 7. The maximum absolute atomic E-state index is 13.1. The Balaban J connectivity index is 2.67. The van der Waals surface area contributed by atoms with Gasteiger partial charge in [-0.3, -0.25) is 14.4 Å². The molecule has 0 atom stereocenters. The summed E-state index contributed by atoms with van der Waals surface area (Å²) in [6, 6.07) is 8.32. The summed E-state index contributed by atoms with van der Waals surface area (Å²) in [5.74, 6) is 0.293. The summed E-state index contributed by atoms with van der Waals surface area (Å²) in [7, 11) is -2.71. The van der Waals surface area contributed by atoms with Gasteiger partial charge < -0.3 is 4.74 Å². The molecule has 7 nitrogen and oxygen atoms in total. The lowest BCUT2D eigenvalue weighted by Gasteiger charge is -2.25. The molecule has 0 aliphatic heterocycles. The van der Waals surface area contributed by atoms with E-state index in [0.717, 1.165) is 10.4 Å². The van der Waals surface area contributed by atoms with Crippen molar-refractivity contribution in [2.45, 2.75) is 11.8 Å². The lowest BCUT2D eigenvalue weighted by molar-refractivity contribution is -0.385. The van der Waals surface area contributed by atoms with Gasteiger partial charge in [0.15, 0.2) is 0 Å². The van der Waals surface area contributed by atoms with Crippen molar-refractivity contribution in [2.75, 3.05) is 18.0 Å². The lowest BCUT2D eigenvalue weighted by atomic mass is 10.2. The molecule has 0 spiro atoms. The molecule has 2 aromatic rings. The standard InChI is InChI=1S/C17H17ClN2O5S/c1-4-9-19(16-10-13(18)6-8-17(16)25-3)26(23,24)14-7-5-12(2)15(11-14)20(21)22/h4-8,10-11H,1,9H2,2-3H3. The molecule has 0 aromatic heterocycles.